The minimum absolute atomic E-state index is 0.0876. The third-order valence-electron chi connectivity index (χ3n) is 7.69. The molecule has 0 spiro atoms. The van der Waals surface area contributed by atoms with Gasteiger partial charge in [0.05, 0.1) is 6.04 Å². The highest BCUT2D eigenvalue weighted by Crippen LogP contribution is 2.31. The molecule has 0 bridgehead atoms. The Labute approximate surface area is 220 Å². The molecule has 2 aromatic rings. The molecule has 202 valence electrons. The van der Waals surface area contributed by atoms with Crippen molar-refractivity contribution in [2.24, 2.45) is 0 Å². The second-order valence-corrected chi connectivity index (χ2v) is 10.4. The predicted molar refractivity (Wildman–Crippen MR) is 147 cm³/mol. The fourth-order valence-electron chi connectivity index (χ4n) is 5.28. The molecule has 37 heavy (non-hydrogen) atoms. The lowest BCUT2D eigenvalue weighted by Gasteiger charge is -2.33. The third kappa shape index (κ3) is 6.90. The molecule has 1 aromatic carbocycles. The van der Waals surface area contributed by atoms with Gasteiger partial charge in [0.25, 0.3) is 0 Å². The van der Waals surface area contributed by atoms with E-state index in [4.69, 9.17) is 14.7 Å². The lowest BCUT2D eigenvalue weighted by molar-refractivity contribution is -0.129. The Morgan fingerprint density at radius 1 is 1.16 bits per heavy atom. The summed E-state index contributed by atoms with van der Waals surface area (Å²) < 4.78 is 5.84. The molecule has 1 aromatic heterocycles. The molecule has 1 saturated carbocycles. The molecule has 2 heterocycles. The van der Waals surface area contributed by atoms with Gasteiger partial charge in [-0.3, -0.25) is 4.79 Å². The van der Waals surface area contributed by atoms with Crippen LogP contribution in [0, 0.1) is 0 Å². The zero-order valence-corrected chi connectivity index (χ0v) is 22.7. The second kappa shape index (κ2) is 12.6. The Bertz CT molecular complexity index is 1040. The van der Waals surface area contributed by atoms with Crippen molar-refractivity contribution < 1.29 is 14.6 Å². The molecule has 4 rings (SSSR count). The molecule has 9 heteroatoms. The van der Waals surface area contributed by atoms with Crippen molar-refractivity contribution in [1.82, 2.24) is 20.2 Å². The van der Waals surface area contributed by atoms with Gasteiger partial charge in [-0.1, -0.05) is 31.4 Å². The van der Waals surface area contributed by atoms with Crippen LogP contribution >= 0.6 is 0 Å². The average molecular weight is 511 g/mol. The molecule has 0 radical (unpaired) electrons. The van der Waals surface area contributed by atoms with Gasteiger partial charge >= 0.3 is 0 Å². The minimum atomic E-state index is -0.583. The van der Waals surface area contributed by atoms with E-state index < -0.39 is 6.10 Å². The maximum absolute atomic E-state index is 11.9. The van der Waals surface area contributed by atoms with Crippen LogP contribution in [-0.4, -0.2) is 91.5 Å². The number of nitrogens with zero attached hydrogens (tertiary/aromatic N) is 5. The Morgan fingerprint density at radius 2 is 1.95 bits per heavy atom. The number of amides is 1. The highest BCUT2D eigenvalue weighted by Gasteiger charge is 2.29. The van der Waals surface area contributed by atoms with E-state index in [0.29, 0.717) is 24.2 Å². The quantitative estimate of drug-likeness (QED) is 0.504. The maximum atomic E-state index is 11.9. The zero-order chi connectivity index (χ0) is 26.4. The molecule has 2 aliphatic rings. The number of likely N-dealkylation sites (N-methyl/N-ethyl adjacent to an activating group) is 2. The summed E-state index contributed by atoms with van der Waals surface area (Å²) in [5, 5.41) is 13.0. The summed E-state index contributed by atoms with van der Waals surface area (Å²) in [6.07, 6.45) is 6.51. The average Bonchev–Trinajstić information content (AvgIpc) is 3.42. The summed E-state index contributed by atoms with van der Waals surface area (Å²) in [7, 11) is 5.82. The summed E-state index contributed by atoms with van der Waals surface area (Å²) in [6, 6.07) is 10.5. The van der Waals surface area contributed by atoms with E-state index in [1.54, 1.807) is 14.0 Å². The fraction of sp³-hybridized carbons (Fsp3) is 0.607. The van der Waals surface area contributed by atoms with Crippen LogP contribution in [0.1, 0.15) is 45.4 Å². The zero-order valence-electron chi connectivity index (χ0n) is 22.7. The van der Waals surface area contributed by atoms with Crippen molar-refractivity contribution in [3.63, 3.8) is 0 Å². The van der Waals surface area contributed by atoms with Crippen molar-refractivity contribution in [1.29, 1.82) is 0 Å². The SMILES string of the molecule is CNCC(O)COc1cccc(-c2nc(N3CC[C@H](N(C)C(C)=O)C3)cc(N(C)C3CCCCC3)n2)c1. The van der Waals surface area contributed by atoms with Crippen LogP contribution in [0.15, 0.2) is 30.3 Å². The molecular formula is C28H42N6O3. The Hall–Kier alpha value is -2.91. The molecule has 2 fully saturated rings. The largest absolute Gasteiger partial charge is 0.491 e. The van der Waals surface area contributed by atoms with Gasteiger partial charge in [0, 0.05) is 58.3 Å². The van der Waals surface area contributed by atoms with E-state index in [1.165, 1.54) is 32.1 Å². The molecule has 1 aliphatic heterocycles. The van der Waals surface area contributed by atoms with E-state index in [2.05, 4.69) is 28.2 Å². The molecular weight excluding hydrogens is 468 g/mol. The number of carbonyl (C=O) groups excluding carboxylic acids is 1. The number of aromatic nitrogens is 2. The summed E-state index contributed by atoms with van der Waals surface area (Å²) in [6.45, 7) is 3.90. The second-order valence-electron chi connectivity index (χ2n) is 10.4. The van der Waals surface area contributed by atoms with E-state index >= 15 is 0 Å². The van der Waals surface area contributed by atoms with Crippen molar-refractivity contribution in [3.8, 4) is 17.1 Å². The van der Waals surface area contributed by atoms with E-state index in [9.17, 15) is 9.90 Å². The van der Waals surface area contributed by atoms with Crippen molar-refractivity contribution >= 4 is 17.5 Å². The first-order valence-corrected chi connectivity index (χ1v) is 13.5. The first kappa shape index (κ1) is 27.1. The van der Waals surface area contributed by atoms with Crippen LogP contribution in [0.3, 0.4) is 0 Å². The fourth-order valence-corrected chi connectivity index (χ4v) is 5.28. The number of benzene rings is 1. The third-order valence-corrected chi connectivity index (χ3v) is 7.69. The summed E-state index contributed by atoms with van der Waals surface area (Å²) >= 11 is 0. The number of hydrogen-bond donors (Lipinski definition) is 2. The summed E-state index contributed by atoms with van der Waals surface area (Å²) in [4.78, 5) is 28.4. The molecule has 1 unspecified atom stereocenters. The van der Waals surface area contributed by atoms with Gasteiger partial charge in [-0.05, 0) is 38.4 Å². The highest BCUT2D eigenvalue weighted by molar-refractivity contribution is 5.73. The molecule has 1 saturated heterocycles. The van der Waals surface area contributed by atoms with Gasteiger partial charge < -0.3 is 29.9 Å². The van der Waals surface area contributed by atoms with Crippen molar-refractivity contribution in [3.05, 3.63) is 30.3 Å². The summed E-state index contributed by atoms with van der Waals surface area (Å²) in [5.41, 5.74) is 0.873. The van der Waals surface area contributed by atoms with Crippen LogP contribution in [0.2, 0.25) is 0 Å². The van der Waals surface area contributed by atoms with Gasteiger partial charge in [-0.2, -0.15) is 0 Å². The normalized spacial score (nSPS) is 19.1. The molecule has 2 atom stereocenters. The number of rotatable bonds is 10. The molecule has 1 amide bonds. The molecule has 2 N–H and O–H groups in total. The lowest BCUT2D eigenvalue weighted by atomic mass is 9.94. The highest BCUT2D eigenvalue weighted by atomic mass is 16.5. The first-order valence-electron chi connectivity index (χ1n) is 13.5. The Morgan fingerprint density at radius 3 is 2.68 bits per heavy atom. The van der Waals surface area contributed by atoms with Gasteiger partial charge in [0.15, 0.2) is 5.82 Å². The standard InChI is InChI=1S/C28H42N6O3/c1-20(35)32(3)23-13-14-34(18-23)27-16-26(33(4)22-10-6-5-7-11-22)30-28(31-27)21-9-8-12-25(15-21)37-19-24(36)17-29-2/h8-9,12,15-16,22-24,29,36H,5-7,10-11,13-14,17-19H2,1-4H3/t23-,24?/m0/s1. The smallest absolute Gasteiger partial charge is 0.219 e. The number of nitrogens with one attached hydrogen (secondary N) is 1. The van der Waals surface area contributed by atoms with Crippen molar-refractivity contribution in [2.75, 3.05) is 57.2 Å². The maximum Gasteiger partial charge on any atom is 0.219 e. The Balaban J connectivity index is 1.62. The Kier molecular flexibility index (Phi) is 9.21. The number of carbonyl (C=O) groups is 1. The van der Waals surface area contributed by atoms with Crippen LogP contribution < -0.4 is 19.9 Å². The number of hydrogen-bond acceptors (Lipinski definition) is 8. The predicted octanol–water partition coefficient (Wildman–Crippen LogP) is 2.93. The van der Waals surface area contributed by atoms with E-state index in [-0.39, 0.29) is 18.6 Å². The topological polar surface area (TPSA) is 94.1 Å². The van der Waals surface area contributed by atoms with Gasteiger partial charge in [0.1, 0.15) is 30.1 Å². The minimum Gasteiger partial charge on any atom is -0.491 e. The lowest BCUT2D eigenvalue weighted by Crippen LogP contribution is -2.38. The van der Waals surface area contributed by atoms with E-state index in [1.807, 2.05) is 36.2 Å². The number of anilines is 2. The van der Waals surface area contributed by atoms with Gasteiger partial charge in [-0.25, -0.2) is 9.97 Å². The van der Waals surface area contributed by atoms with Crippen LogP contribution in [-0.2, 0) is 4.79 Å². The number of aliphatic hydroxyl groups is 1. The van der Waals surface area contributed by atoms with Crippen LogP contribution in [0.5, 0.6) is 5.75 Å². The van der Waals surface area contributed by atoms with Crippen LogP contribution in [0.25, 0.3) is 11.4 Å². The molecule has 9 nitrogen and oxygen atoms in total. The number of aliphatic hydroxyl groups excluding tert-OH is 1. The van der Waals surface area contributed by atoms with Gasteiger partial charge in [-0.15, -0.1) is 0 Å². The first-order chi connectivity index (χ1) is 17.9. The van der Waals surface area contributed by atoms with Crippen molar-refractivity contribution in [2.45, 2.75) is 63.6 Å². The van der Waals surface area contributed by atoms with Gasteiger partial charge in [0.2, 0.25) is 5.91 Å². The monoisotopic (exact) mass is 510 g/mol. The number of ether oxygens (including phenoxy) is 1. The van der Waals surface area contributed by atoms with Crippen LogP contribution in [0.4, 0.5) is 11.6 Å². The van der Waals surface area contributed by atoms with E-state index in [0.717, 1.165) is 36.7 Å². The summed E-state index contributed by atoms with van der Waals surface area (Å²) in [5.74, 6) is 3.22. The molecule has 1 aliphatic carbocycles.